The fourth-order valence-corrected chi connectivity index (χ4v) is 10.2. The molecule has 0 saturated heterocycles. The number of carboxylic acid groups (broad SMARTS) is 2. The van der Waals surface area contributed by atoms with E-state index in [9.17, 15) is 19.8 Å². The fourth-order valence-electron chi connectivity index (χ4n) is 10.2. The van der Waals surface area contributed by atoms with Crippen LogP contribution in [-0.2, 0) is 33.3 Å². The number of aryl methyl sites for hydroxylation is 2. The minimum atomic E-state index is -0.856. The molecule has 4 nitrogen and oxygen atoms in total. The summed E-state index contributed by atoms with van der Waals surface area (Å²) in [7, 11) is 0. The number of aliphatic carboxylic acids is 2. The molecule has 0 unspecified atom stereocenters. The summed E-state index contributed by atoms with van der Waals surface area (Å²) in [6.45, 7) is 17.3. The predicted octanol–water partition coefficient (Wildman–Crippen LogP) is 6.76. The summed E-state index contributed by atoms with van der Waals surface area (Å²) < 4.78 is 0. The molecule has 0 aromatic heterocycles. The van der Waals surface area contributed by atoms with Crippen LogP contribution in [0.4, 0.5) is 0 Å². The molecular weight excluding hydrogens is 569 g/mol. The smallest absolute Gasteiger partial charge is 0.550 e. The Bertz CT molecular complexity index is 1320. The average molecular weight is 623 g/mol. The summed E-state index contributed by atoms with van der Waals surface area (Å²) in [4.78, 5) is 23.6. The maximum absolute atomic E-state index is 11.8. The van der Waals surface area contributed by atoms with Crippen LogP contribution in [-0.4, -0.2) is 35.0 Å². The number of carbonyl (C=O) groups is 2. The zero-order valence-electron chi connectivity index (χ0n) is 29.2. The topological polar surface area (TPSA) is 80.3 Å². The predicted molar refractivity (Wildman–Crippen MR) is 179 cm³/mol. The van der Waals surface area contributed by atoms with Gasteiger partial charge in [-0.05, 0) is 119 Å². The van der Waals surface area contributed by atoms with Crippen LogP contribution in [0, 0.1) is 22.7 Å². The van der Waals surface area contributed by atoms with E-state index in [4.69, 9.17) is 0 Å². The zero-order chi connectivity index (χ0) is 32.2. The second kappa shape index (κ2) is 13.0. The quantitative estimate of drug-likeness (QED) is 0.353. The summed E-state index contributed by atoms with van der Waals surface area (Å²) in [5.41, 5.74) is 7.04. The van der Waals surface area contributed by atoms with Crippen molar-refractivity contribution >= 4 is 35.0 Å². The standard InChI is InChI=1S/2C20H28O2.Mg/c2*1-13(2)14-6-8-16-15(12-14)7-9-17-19(16,3)10-5-11-20(17,4)18(21)22;/h2*6,8,12-13,17H,5,7,9-11H2,1-4H3,(H,21,22);/q;;+2/p-2/t2*17-,19-,20+;/m11./s1. The maximum Gasteiger partial charge on any atom is 2.00 e. The molecule has 0 bridgehead atoms. The second-order valence-electron chi connectivity index (χ2n) is 16.3. The third kappa shape index (κ3) is 6.03. The van der Waals surface area contributed by atoms with E-state index >= 15 is 0 Å². The van der Waals surface area contributed by atoms with E-state index in [2.05, 4.69) is 77.9 Å². The minimum absolute atomic E-state index is 0. The monoisotopic (exact) mass is 622 g/mol. The summed E-state index contributed by atoms with van der Waals surface area (Å²) in [5.74, 6) is -0.255. The average Bonchev–Trinajstić information content (AvgIpc) is 2.96. The molecule has 0 amide bonds. The van der Waals surface area contributed by atoms with Gasteiger partial charge in [-0.3, -0.25) is 0 Å². The number of rotatable bonds is 4. The van der Waals surface area contributed by atoms with Gasteiger partial charge in [0.15, 0.2) is 0 Å². The van der Waals surface area contributed by atoms with Gasteiger partial charge < -0.3 is 19.8 Å². The normalized spacial score (nSPS) is 33.4. The molecule has 6 rings (SSSR count). The molecule has 4 aliphatic carbocycles. The van der Waals surface area contributed by atoms with Crippen molar-refractivity contribution in [1.82, 2.24) is 0 Å². The van der Waals surface area contributed by atoms with E-state index in [-0.39, 0.29) is 45.7 Å². The number of carboxylic acids is 2. The first-order valence-electron chi connectivity index (χ1n) is 17.3. The Morgan fingerprint density at radius 2 is 1.00 bits per heavy atom. The molecule has 0 aliphatic heterocycles. The molecule has 0 heterocycles. The largest absolute Gasteiger partial charge is 2.00 e. The Hall–Kier alpha value is -1.85. The molecule has 6 atom stereocenters. The van der Waals surface area contributed by atoms with Crippen molar-refractivity contribution in [3.8, 4) is 0 Å². The van der Waals surface area contributed by atoms with Gasteiger partial charge in [-0.25, -0.2) is 0 Å². The van der Waals surface area contributed by atoms with Gasteiger partial charge >= 0.3 is 23.1 Å². The molecule has 4 aliphatic rings. The van der Waals surface area contributed by atoms with E-state index < -0.39 is 22.8 Å². The van der Waals surface area contributed by atoms with Crippen LogP contribution in [0.2, 0.25) is 0 Å². The first kappa shape index (κ1) is 36.0. The summed E-state index contributed by atoms with van der Waals surface area (Å²) in [6, 6.07) is 13.7. The molecule has 2 fully saturated rings. The first-order chi connectivity index (χ1) is 20.6. The Morgan fingerprint density at radius 3 is 1.31 bits per heavy atom. The van der Waals surface area contributed by atoms with Crippen LogP contribution in [0.25, 0.3) is 0 Å². The minimum Gasteiger partial charge on any atom is -0.550 e. The number of fused-ring (bicyclic) bond motifs is 6. The summed E-state index contributed by atoms with van der Waals surface area (Å²) in [5, 5.41) is 23.6. The zero-order valence-corrected chi connectivity index (χ0v) is 30.6. The molecule has 0 spiro atoms. The van der Waals surface area contributed by atoms with Gasteiger partial charge in [-0.15, -0.1) is 0 Å². The molecule has 240 valence electrons. The Kier molecular flexibility index (Phi) is 10.4. The molecule has 0 N–H and O–H groups in total. The number of carbonyl (C=O) groups excluding carboxylic acids is 2. The van der Waals surface area contributed by atoms with Crippen LogP contribution >= 0.6 is 0 Å². The third-order valence-corrected chi connectivity index (χ3v) is 13.0. The molecule has 5 heteroatoms. The van der Waals surface area contributed by atoms with Crippen LogP contribution in [0.1, 0.15) is 152 Å². The van der Waals surface area contributed by atoms with Crippen LogP contribution in [0.3, 0.4) is 0 Å². The number of hydrogen-bond donors (Lipinski definition) is 0. The maximum atomic E-state index is 11.8. The molecular formula is C40H54MgO4. The Balaban J connectivity index is 0.000000200. The second-order valence-corrected chi connectivity index (χ2v) is 16.3. The molecule has 2 aromatic carbocycles. The molecule has 2 aromatic rings. The van der Waals surface area contributed by atoms with E-state index in [1.807, 2.05) is 13.8 Å². The van der Waals surface area contributed by atoms with Crippen LogP contribution in [0.15, 0.2) is 36.4 Å². The van der Waals surface area contributed by atoms with Gasteiger partial charge in [-0.2, -0.15) is 0 Å². The van der Waals surface area contributed by atoms with Crippen molar-refractivity contribution in [3.05, 3.63) is 69.8 Å². The van der Waals surface area contributed by atoms with Gasteiger partial charge in [0.25, 0.3) is 0 Å². The SMILES string of the molecule is CC(C)c1ccc2c(c1)CC[C@H]1[C@@](C)(C(=O)[O-])CCC[C@]21C.CC(C)c1ccc2c(c1)CC[C@H]1[C@@](C)(C(=O)[O-])CCC[C@]21C.[Mg+2]. The van der Waals surface area contributed by atoms with Crippen molar-refractivity contribution < 1.29 is 19.8 Å². The van der Waals surface area contributed by atoms with Crippen molar-refractivity contribution in [2.45, 2.75) is 142 Å². The Labute approximate surface area is 288 Å². The van der Waals surface area contributed by atoms with Crippen LogP contribution < -0.4 is 10.2 Å². The van der Waals surface area contributed by atoms with Crippen molar-refractivity contribution in [3.63, 3.8) is 0 Å². The van der Waals surface area contributed by atoms with E-state index in [0.29, 0.717) is 11.8 Å². The fraction of sp³-hybridized carbons (Fsp3) is 0.650. The third-order valence-electron chi connectivity index (χ3n) is 13.0. The summed E-state index contributed by atoms with van der Waals surface area (Å²) >= 11 is 0. The van der Waals surface area contributed by atoms with Gasteiger partial charge in [-0.1, -0.05) is 105 Å². The Morgan fingerprint density at radius 1 is 0.644 bits per heavy atom. The van der Waals surface area contributed by atoms with Gasteiger partial charge in [0, 0.05) is 22.8 Å². The van der Waals surface area contributed by atoms with Crippen molar-refractivity contribution in [2.75, 3.05) is 0 Å². The van der Waals surface area contributed by atoms with Gasteiger partial charge in [0.05, 0.1) is 0 Å². The van der Waals surface area contributed by atoms with Gasteiger partial charge in [0.2, 0.25) is 0 Å². The first-order valence-corrected chi connectivity index (χ1v) is 17.3. The number of benzene rings is 2. The van der Waals surface area contributed by atoms with Gasteiger partial charge in [0.1, 0.15) is 0 Å². The molecule has 0 radical (unpaired) electrons. The van der Waals surface area contributed by atoms with E-state index in [1.165, 1.54) is 33.4 Å². The van der Waals surface area contributed by atoms with E-state index in [1.54, 1.807) is 0 Å². The van der Waals surface area contributed by atoms with E-state index in [0.717, 1.165) is 64.2 Å². The summed E-state index contributed by atoms with van der Waals surface area (Å²) in [6.07, 6.45) is 9.59. The van der Waals surface area contributed by atoms with Crippen molar-refractivity contribution in [2.24, 2.45) is 22.7 Å². The van der Waals surface area contributed by atoms with Crippen molar-refractivity contribution in [1.29, 1.82) is 0 Å². The molecule has 2 saturated carbocycles. The van der Waals surface area contributed by atoms with Crippen LogP contribution in [0.5, 0.6) is 0 Å². The number of hydrogen-bond acceptors (Lipinski definition) is 4. The molecule has 45 heavy (non-hydrogen) atoms.